The van der Waals surface area contributed by atoms with Gasteiger partial charge in [-0.25, -0.2) is 22.3 Å². The van der Waals surface area contributed by atoms with Crippen LogP contribution < -0.4 is 4.72 Å². The number of nitrogens with one attached hydrogen (secondary N) is 1. The van der Waals surface area contributed by atoms with Crippen molar-refractivity contribution in [3.63, 3.8) is 0 Å². The molecule has 0 radical (unpaired) electrons. The van der Waals surface area contributed by atoms with E-state index in [0.29, 0.717) is 12.1 Å². The fourth-order valence-corrected chi connectivity index (χ4v) is 2.47. The summed E-state index contributed by atoms with van der Waals surface area (Å²) in [6.07, 6.45) is -4.84. The number of aliphatic hydroxyl groups is 1. The van der Waals surface area contributed by atoms with Gasteiger partial charge in [-0.1, -0.05) is 0 Å². The Bertz CT molecular complexity index is 684. The Morgan fingerprint density at radius 1 is 1.32 bits per heavy atom. The minimum atomic E-state index is -4.84. The van der Waals surface area contributed by atoms with Gasteiger partial charge in [-0.05, 0) is 25.1 Å². The van der Waals surface area contributed by atoms with E-state index in [1.807, 2.05) is 0 Å². The summed E-state index contributed by atoms with van der Waals surface area (Å²) in [5, 5.41) is 18.0. The highest BCUT2D eigenvalue weighted by Gasteiger charge is 2.34. The Balaban J connectivity index is 3.07. The van der Waals surface area contributed by atoms with Crippen LogP contribution in [-0.4, -0.2) is 36.7 Å². The first-order chi connectivity index (χ1) is 9.77. The summed E-state index contributed by atoms with van der Waals surface area (Å²) >= 11 is 0. The van der Waals surface area contributed by atoms with Gasteiger partial charge >= 0.3 is 12.1 Å². The molecule has 1 aromatic rings. The monoisotopic (exact) mass is 345 g/mol. The largest absolute Gasteiger partial charge is 0.479 e. The van der Waals surface area contributed by atoms with E-state index in [4.69, 9.17) is 5.11 Å². The third kappa shape index (κ3) is 4.15. The molecule has 0 saturated carbocycles. The number of carboxylic acid groups (broad SMARTS) is 1. The van der Waals surface area contributed by atoms with Gasteiger partial charge in [0.1, 0.15) is 10.7 Å². The summed E-state index contributed by atoms with van der Waals surface area (Å²) in [4.78, 5) is 9.52. The summed E-state index contributed by atoms with van der Waals surface area (Å²) in [6.45, 7) is -0.202. The molecular formula is C11H11F4NO5S. The quantitative estimate of drug-likeness (QED) is 0.690. The Morgan fingerprint density at radius 2 is 1.86 bits per heavy atom. The molecule has 0 fully saturated rings. The van der Waals surface area contributed by atoms with Crippen molar-refractivity contribution in [3.05, 3.63) is 29.6 Å². The molecule has 1 rings (SSSR count). The second-order valence-electron chi connectivity index (χ2n) is 4.55. The van der Waals surface area contributed by atoms with Crippen molar-refractivity contribution < 1.29 is 41.0 Å². The van der Waals surface area contributed by atoms with E-state index in [1.54, 1.807) is 4.72 Å². The fraction of sp³-hybridized carbons (Fsp3) is 0.364. The van der Waals surface area contributed by atoms with Crippen molar-refractivity contribution >= 4 is 16.0 Å². The Labute approximate surface area is 122 Å². The van der Waals surface area contributed by atoms with Crippen LogP contribution in [0, 0.1) is 5.82 Å². The van der Waals surface area contributed by atoms with Crippen molar-refractivity contribution in [1.29, 1.82) is 0 Å². The number of hydrogen-bond donors (Lipinski definition) is 3. The topological polar surface area (TPSA) is 104 Å². The van der Waals surface area contributed by atoms with Crippen LogP contribution in [0.15, 0.2) is 23.1 Å². The van der Waals surface area contributed by atoms with Gasteiger partial charge in [0.2, 0.25) is 10.0 Å². The second-order valence-corrected chi connectivity index (χ2v) is 6.28. The SMILES string of the molecule is CC(O)(CNS(=O)(=O)c1ccc(C(F)(F)F)cc1F)C(=O)O. The van der Waals surface area contributed by atoms with Gasteiger partial charge in [0.05, 0.1) is 12.1 Å². The van der Waals surface area contributed by atoms with Crippen molar-refractivity contribution in [2.24, 2.45) is 0 Å². The highest BCUT2D eigenvalue weighted by Crippen LogP contribution is 2.31. The number of benzene rings is 1. The summed E-state index contributed by atoms with van der Waals surface area (Å²) < 4.78 is 75.7. The van der Waals surface area contributed by atoms with E-state index in [2.05, 4.69) is 0 Å². The number of carbonyl (C=O) groups is 1. The minimum Gasteiger partial charge on any atom is -0.479 e. The maximum atomic E-state index is 13.6. The molecule has 3 N–H and O–H groups in total. The van der Waals surface area contributed by atoms with Crippen molar-refractivity contribution in [1.82, 2.24) is 4.72 Å². The average Bonchev–Trinajstić information content (AvgIpc) is 2.35. The maximum Gasteiger partial charge on any atom is 0.416 e. The predicted octanol–water partition coefficient (Wildman–Crippen LogP) is 0.958. The van der Waals surface area contributed by atoms with Crippen LogP contribution >= 0.6 is 0 Å². The first kappa shape index (κ1) is 18.3. The maximum absolute atomic E-state index is 13.6. The molecule has 0 aliphatic heterocycles. The summed E-state index contributed by atoms with van der Waals surface area (Å²) in [6, 6.07) is 0.771. The van der Waals surface area contributed by atoms with E-state index in [1.165, 1.54) is 0 Å². The van der Waals surface area contributed by atoms with Crippen LogP contribution in [0.5, 0.6) is 0 Å². The number of rotatable bonds is 5. The van der Waals surface area contributed by atoms with E-state index >= 15 is 0 Å². The zero-order valence-electron chi connectivity index (χ0n) is 11.0. The molecule has 0 spiro atoms. The molecule has 124 valence electrons. The third-order valence-electron chi connectivity index (χ3n) is 2.62. The molecule has 0 aliphatic rings. The van der Waals surface area contributed by atoms with Crippen LogP contribution in [0.3, 0.4) is 0 Å². The molecule has 0 aliphatic carbocycles. The Kier molecular flexibility index (Phi) is 4.85. The van der Waals surface area contributed by atoms with E-state index in [-0.39, 0.29) is 6.07 Å². The van der Waals surface area contributed by atoms with Crippen LogP contribution in [0.2, 0.25) is 0 Å². The van der Waals surface area contributed by atoms with E-state index in [9.17, 15) is 35.9 Å². The van der Waals surface area contributed by atoms with Crippen LogP contribution in [-0.2, 0) is 21.0 Å². The lowest BCUT2D eigenvalue weighted by molar-refractivity contribution is -0.155. The second kappa shape index (κ2) is 5.82. The fourth-order valence-electron chi connectivity index (χ4n) is 1.28. The van der Waals surface area contributed by atoms with Gasteiger partial charge in [0.15, 0.2) is 5.60 Å². The molecule has 0 amide bonds. The zero-order chi connectivity index (χ0) is 17.3. The van der Waals surface area contributed by atoms with Gasteiger partial charge in [-0.15, -0.1) is 0 Å². The molecule has 0 aromatic heterocycles. The zero-order valence-corrected chi connectivity index (χ0v) is 11.8. The van der Waals surface area contributed by atoms with Gasteiger partial charge in [-0.2, -0.15) is 13.2 Å². The van der Waals surface area contributed by atoms with Crippen LogP contribution in [0.4, 0.5) is 17.6 Å². The van der Waals surface area contributed by atoms with E-state index in [0.717, 1.165) is 6.92 Å². The number of sulfonamides is 1. The van der Waals surface area contributed by atoms with E-state index < -0.39 is 50.6 Å². The lowest BCUT2D eigenvalue weighted by atomic mass is 10.1. The van der Waals surface area contributed by atoms with Crippen molar-refractivity contribution in [2.45, 2.75) is 23.6 Å². The number of aliphatic carboxylic acids is 1. The van der Waals surface area contributed by atoms with Gasteiger partial charge in [-0.3, -0.25) is 0 Å². The number of alkyl halides is 3. The van der Waals surface area contributed by atoms with Crippen molar-refractivity contribution in [2.75, 3.05) is 6.54 Å². The van der Waals surface area contributed by atoms with Crippen LogP contribution in [0.25, 0.3) is 0 Å². The lowest BCUT2D eigenvalue weighted by Crippen LogP contribution is -2.46. The Morgan fingerprint density at radius 3 is 2.27 bits per heavy atom. The molecule has 11 heteroatoms. The molecule has 1 atom stereocenters. The molecule has 1 unspecified atom stereocenters. The molecule has 22 heavy (non-hydrogen) atoms. The molecular weight excluding hydrogens is 334 g/mol. The molecule has 0 heterocycles. The van der Waals surface area contributed by atoms with Crippen LogP contribution in [0.1, 0.15) is 12.5 Å². The summed E-state index contributed by atoms with van der Waals surface area (Å²) in [5.74, 6) is -3.39. The average molecular weight is 345 g/mol. The van der Waals surface area contributed by atoms with Gasteiger partial charge in [0.25, 0.3) is 0 Å². The highest BCUT2D eigenvalue weighted by molar-refractivity contribution is 7.89. The predicted molar refractivity (Wildman–Crippen MR) is 64.9 cm³/mol. The highest BCUT2D eigenvalue weighted by atomic mass is 32.2. The lowest BCUT2D eigenvalue weighted by Gasteiger charge is -2.18. The third-order valence-corrected chi connectivity index (χ3v) is 4.05. The van der Waals surface area contributed by atoms with Gasteiger partial charge < -0.3 is 10.2 Å². The smallest absolute Gasteiger partial charge is 0.416 e. The minimum absolute atomic E-state index is 0.00387. The standard InChI is InChI=1S/C11H11F4NO5S/c1-10(19,9(17)18)5-16-22(20,21)8-3-2-6(4-7(8)12)11(13,14)15/h2-4,16,19H,5H2,1H3,(H,17,18). The Hall–Kier alpha value is -1.72. The number of halogens is 4. The molecule has 1 aromatic carbocycles. The first-order valence-corrected chi connectivity index (χ1v) is 7.08. The summed E-state index contributed by atoms with van der Waals surface area (Å²) in [7, 11) is -4.64. The number of hydrogen-bond acceptors (Lipinski definition) is 4. The molecule has 0 bridgehead atoms. The first-order valence-electron chi connectivity index (χ1n) is 5.59. The van der Waals surface area contributed by atoms with Gasteiger partial charge in [0, 0.05) is 0 Å². The number of carboxylic acids is 1. The van der Waals surface area contributed by atoms with Crippen molar-refractivity contribution in [3.8, 4) is 0 Å². The molecule has 0 saturated heterocycles. The molecule has 6 nitrogen and oxygen atoms in total. The normalized spacial score (nSPS) is 15.4. The summed E-state index contributed by atoms with van der Waals surface area (Å²) in [5.41, 5.74) is -3.84.